The van der Waals surface area contributed by atoms with Crippen molar-refractivity contribution < 1.29 is 24.2 Å². The number of nitrogens with one attached hydrogen (secondary N) is 1. The van der Waals surface area contributed by atoms with Gasteiger partial charge in [-0.2, -0.15) is 0 Å². The number of methoxy groups -OCH3 is 1. The molecule has 1 N–H and O–H groups in total. The Hall–Kier alpha value is -2.78. The second-order valence-electron chi connectivity index (χ2n) is 5.53. The molecule has 1 fully saturated rings. The molecule has 1 amide bonds. The number of aliphatic imine (C=N–C) groups is 1. The number of hydrogen-bond acceptors (Lipinski definition) is 7. The third-order valence-electron chi connectivity index (χ3n) is 3.54. The van der Waals surface area contributed by atoms with Crippen molar-refractivity contribution in [2.75, 3.05) is 13.7 Å². The molecule has 9 heteroatoms. The highest BCUT2D eigenvalue weighted by Crippen LogP contribution is 2.32. The Kier molecular flexibility index (Phi) is 6.37. The van der Waals surface area contributed by atoms with E-state index in [9.17, 15) is 14.7 Å². The summed E-state index contributed by atoms with van der Waals surface area (Å²) < 4.78 is 11.3. The van der Waals surface area contributed by atoms with Gasteiger partial charge in [-0.05, 0) is 59.8 Å². The quantitative estimate of drug-likeness (QED) is 0.663. The Morgan fingerprint density at radius 3 is 2.68 bits per heavy atom. The average Bonchev–Trinajstić information content (AvgIpc) is 3.01. The summed E-state index contributed by atoms with van der Waals surface area (Å²) >= 11 is 4.59. The number of amides is 1. The van der Waals surface area contributed by atoms with Gasteiger partial charge >= 0.3 is 0 Å². The fourth-order valence-electron chi connectivity index (χ4n) is 2.29. The van der Waals surface area contributed by atoms with Crippen LogP contribution in [0, 0.1) is 0 Å². The number of rotatable bonds is 6. The normalized spacial score (nSPS) is 16.3. The molecule has 2 aromatic rings. The lowest BCUT2D eigenvalue weighted by molar-refractivity contribution is -0.307. The van der Waals surface area contributed by atoms with Crippen LogP contribution in [-0.2, 0) is 9.59 Å². The molecule has 1 aliphatic heterocycles. The molecule has 144 valence electrons. The largest absolute Gasteiger partial charge is 0.546 e. The number of carbonyl (C=O) groups is 2. The van der Waals surface area contributed by atoms with Gasteiger partial charge in [-0.1, -0.05) is 22.0 Å². The van der Waals surface area contributed by atoms with Gasteiger partial charge in [0.25, 0.3) is 5.91 Å². The van der Waals surface area contributed by atoms with Gasteiger partial charge in [-0.3, -0.25) is 4.79 Å². The van der Waals surface area contributed by atoms with Gasteiger partial charge < -0.3 is 24.7 Å². The monoisotopic (exact) mass is 461 g/mol. The van der Waals surface area contributed by atoms with E-state index in [-0.39, 0.29) is 11.7 Å². The summed E-state index contributed by atoms with van der Waals surface area (Å²) in [6.07, 6.45) is 1.69. The molecule has 0 atom stereocenters. The Morgan fingerprint density at radius 2 is 2.00 bits per heavy atom. The molecule has 0 aliphatic carbocycles. The van der Waals surface area contributed by atoms with Gasteiger partial charge in [-0.15, -0.1) is 0 Å². The van der Waals surface area contributed by atoms with E-state index in [1.807, 2.05) is 24.3 Å². The third-order valence-corrected chi connectivity index (χ3v) is 4.98. The highest BCUT2D eigenvalue weighted by Gasteiger charge is 2.24. The lowest BCUT2D eigenvalue weighted by atomic mass is 10.2. The molecular weight excluding hydrogens is 448 g/mol. The number of hydrogen-bond donors (Lipinski definition) is 1. The third kappa shape index (κ3) is 5.14. The minimum atomic E-state index is -1.33. The van der Waals surface area contributed by atoms with Crippen molar-refractivity contribution in [1.29, 1.82) is 0 Å². The Morgan fingerprint density at radius 1 is 1.25 bits per heavy atom. The first kappa shape index (κ1) is 20.0. The molecule has 1 saturated heterocycles. The van der Waals surface area contributed by atoms with Gasteiger partial charge in [0.05, 0.1) is 23.7 Å². The van der Waals surface area contributed by atoms with Crippen LogP contribution in [0.2, 0.25) is 0 Å². The number of amidine groups is 1. The van der Waals surface area contributed by atoms with Crippen molar-refractivity contribution in [3.8, 4) is 11.5 Å². The molecule has 3 rings (SSSR count). The van der Waals surface area contributed by atoms with Crippen molar-refractivity contribution in [1.82, 2.24) is 5.32 Å². The molecule has 28 heavy (non-hydrogen) atoms. The minimum absolute atomic E-state index is 0.253. The molecule has 2 aromatic carbocycles. The summed E-state index contributed by atoms with van der Waals surface area (Å²) in [5.74, 6) is -0.959. The Labute approximate surface area is 173 Å². The number of benzene rings is 2. The number of carboxylic acids is 1. The Balaban J connectivity index is 1.78. The van der Waals surface area contributed by atoms with Crippen LogP contribution in [0.5, 0.6) is 11.5 Å². The van der Waals surface area contributed by atoms with Crippen LogP contribution < -0.4 is 19.9 Å². The first-order valence-corrected chi connectivity index (χ1v) is 9.61. The first-order chi connectivity index (χ1) is 13.4. The summed E-state index contributed by atoms with van der Waals surface area (Å²) in [6.45, 7) is -0.578. The van der Waals surface area contributed by atoms with Crippen LogP contribution in [0.25, 0.3) is 6.08 Å². The second-order valence-corrected chi connectivity index (χ2v) is 7.48. The van der Waals surface area contributed by atoms with E-state index in [4.69, 9.17) is 9.47 Å². The van der Waals surface area contributed by atoms with Crippen molar-refractivity contribution in [3.05, 3.63) is 57.4 Å². The lowest BCUT2D eigenvalue weighted by Gasteiger charge is -2.11. The van der Waals surface area contributed by atoms with Gasteiger partial charge in [0.2, 0.25) is 0 Å². The molecule has 7 nitrogen and oxygen atoms in total. The first-order valence-electron chi connectivity index (χ1n) is 8.00. The predicted molar refractivity (Wildman–Crippen MR) is 108 cm³/mol. The molecule has 0 unspecified atom stereocenters. The second kappa shape index (κ2) is 8.94. The van der Waals surface area contributed by atoms with E-state index in [0.717, 1.165) is 10.2 Å². The fourth-order valence-corrected chi connectivity index (χ4v) is 3.40. The fraction of sp³-hybridized carbons (Fsp3) is 0.105. The molecule has 0 radical (unpaired) electrons. The number of carboxylic acid groups (broad SMARTS) is 1. The summed E-state index contributed by atoms with van der Waals surface area (Å²) in [6, 6.07) is 12.3. The summed E-state index contributed by atoms with van der Waals surface area (Å²) in [7, 11) is 1.44. The predicted octanol–water partition coefficient (Wildman–Crippen LogP) is 2.48. The number of halogens is 1. The van der Waals surface area contributed by atoms with Crippen molar-refractivity contribution in [2.24, 2.45) is 4.99 Å². The van der Waals surface area contributed by atoms with Crippen molar-refractivity contribution in [2.45, 2.75) is 0 Å². The topological polar surface area (TPSA) is 100 Å². The van der Waals surface area contributed by atoms with E-state index in [2.05, 4.69) is 26.2 Å². The number of ether oxygens (including phenoxy) is 2. The maximum atomic E-state index is 12.2. The SMILES string of the molecule is COc1cc(/C=C2\SC(=Nc3ccc(Br)cc3)NC2=O)ccc1OCC(=O)[O-]. The zero-order chi connectivity index (χ0) is 20.1. The summed E-state index contributed by atoms with van der Waals surface area (Å²) in [4.78, 5) is 27.6. The molecule has 0 aromatic heterocycles. The maximum Gasteiger partial charge on any atom is 0.264 e. The van der Waals surface area contributed by atoms with E-state index >= 15 is 0 Å². The number of carbonyl (C=O) groups excluding carboxylic acids is 2. The number of aliphatic carboxylic acids is 1. The molecule has 1 heterocycles. The highest BCUT2D eigenvalue weighted by molar-refractivity contribution is 9.10. The van der Waals surface area contributed by atoms with Crippen LogP contribution >= 0.6 is 27.7 Å². The van der Waals surface area contributed by atoms with Crippen LogP contribution in [0.1, 0.15) is 5.56 Å². The molecule has 0 bridgehead atoms. The number of thioether (sulfide) groups is 1. The smallest absolute Gasteiger partial charge is 0.264 e. The van der Waals surface area contributed by atoms with Gasteiger partial charge in [0, 0.05) is 4.47 Å². The molecule has 0 spiro atoms. The van der Waals surface area contributed by atoms with E-state index in [1.54, 1.807) is 24.3 Å². The minimum Gasteiger partial charge on any atom is -0.546 e. The van der Waals surface area contributed by atoms with Gasteiger partial charge in [0.1, 0.15) is 6.61 Å². The summed E-state index contributed by atoms with van der Waals surface area (Å²) in [5, 5.41) is 13.7. The van der Waals surface area contributed by atoms with Crippen LogP contribution in [-0.4, -0.2) is 30.8 Å². The van der Waals surface area contributed by atoms with Gasteiger partial charge in [0.15, 0.2) is 16.7 Å². The molecular formula is C19H14BrN2O5S-. The zero-order valence-corrected chi connectivity index (χ0v) is 17.0. The van der Waals surface area contributed by atoms with E-state index < -0.39 is 12.6 Å². The number of nitrogens with zero attached hydrogens (tertiary/aromatic N) is 1. The van der Waals surface area contributed by atoms with E-state index in [1.165, 1.54) is 18.9 Å². The zero-order valence-electron chi connectivity index (χ0n) is 14.6. The average molecular weight is 462 g/mol. The van der Waals surface area contributed by atoms with Gasteiger partial charge in [-0.25, -0.2) is 4.99 Å². The van der Waals surface area contributed by atoms with Crippen LogP contribution in [0.15, 0.2) is 56.8 Å². The van der Waals surface area contributed by atoms with Crippen molar-refractivity contribution in [3.63, 3.8) is 0 Å². The molecule has 1 aliphatic rings. The summed E-state index contributed by atoms with van der Waals surface area (Å²) in [5.41, 5.74) is 1.42. The van der Waals surface area contributed by atoms with Crippen LogP contribution in [0.4, 0.5) is 5.69 Å². The van der Waals surface area contributed by atoms with E-state index in [0.29, 0.717) is 21.4 Å². The van der Waals surface area contributed by atoms with Crippen molar-refractivity contribution >= 4 is 56.5 Å². The Bertz CT molecular complexity index is 973. The highest BCUT2D eigenvalue weighted by atomic mass is 79.9. The lowest BCUT2D eigenvalue weighted by Crippen LogP contribution is -2.29. The van der Waals surface area contributed by atoms with Crippen LogP contribution in [0.3, 0.4) is 0 Å². The molecule has 0 saturated carbocycles. The standard InChI is InChI=1S/C19H15BrN2O5S/c1-26-15-8-11(2-7-14(15)27-10-17(23)24)9-16-18(25)22-19(28-16)21-13-5-3-12(20)4-6-13/h2-9H,10H2,1H3,(H,23,24)(H,21,22,25)/p-1/b16-9-. The maximum absolute atomic E-state index is 12.2.